The molecule has 0 aliphatic carbocycles. The van der Waals surface area contributed by atoms with E-state index in [1.807, 2.05) is 26.0 Å². The lowest BCUT2D eigenvalue weighted by molar-refractivity contribution is -0.137. The van der Waals surface area contributed by atoms with Gasteiger partial charge in [0.1, 0.15) is 0 Å². The van der Waals surface area contributed by atoms with E-state index in [4.69, 9.17) is 9.47 Å². The molecular formula is C17H25NO5S. The van der Waals surface area contributed by atoms with Crippen molar-refractivity contribution in [2.45, 2.75) is 32.9 Å². The van der Waals surface area contributed by atoms with Gasteiger partial charge >= 0.3 is 0 Å². The maximum absolute atomic E-state index is 12.6. The standard InChI is InChI=1S/C17H25NO5S/c1-12(2)17(19)18(14-7-8-24(20,21)11-14)10-13-5-6-15(22-3)16(9-13)23-4/h5-6,9,12,14H,7-8,10-11H2,1-4H3. The van der Waals surface area contributed by atoms with Crippen LogP contribution in [0.5, 0.6) is 11.5 Å². The molecule has 1 aromatic rings. The molecule has 2 rings (SSSR count). The predicted octanol–water partition coefficient (Wildman–Crippen LogP) is 1.88. The van der Waals surface area contributed by atoms with Gasteiger partial charge in [-0.2, -0.15) is 0 Å². The topological polar surface area (TPSA) is 72.9 Å². The van der Waals surface area contributed by atoms with Gasteiger partial charge in [-0.1, -0.05) is 19.9 Å². The number of methoxy groups -OCH3 is 2. The lowest BCUT2D eigenvalue weighted by Crippen LogP contribution is -2.42. The summed E-state index contributed by atoms with van der Waals surface area (Å²) in [5.41, 5.74) is 0.881. The molecule has 1 aliphatic rings. The number of carbonyl (C=O) groups excluding carboxylic acids is 1. The number of amides is 1. The third-order valence-corrected chi connectivity index (χ3v) is 5.98. The van der Waals surface area contributed by atoms with Crippen LogP contribution in [0, 0.1) is 5.92 Å². The van der Waals surface area contributed by atoms with Crippen molar-refractivity contribution in [2.75, 3.05) is 25.7 Å². The highest BCUT2D eigenvalue weighted by Crippen LogP contribution is 2.29. The number of hydrogen-bond acceptors (Lipinski definition) is 5. The first-order valence-electron chi connectivity index (χ1n) is 7.99. The molecule has 0 aromatic heterocycles. The second-order valence-electron chi connectivity index (χ2n) is 6.37. The average molecular weight is 355 g/mol. The summed E-state index contributed by atoms with van der Waals surface area (Å²) in [7, 11) is 0.0687. The SMILES string of the molecule is COc1ccc(CN(C(=O)C(C)C)C2CCS(=O)(=O)C2)cc1OC. The van der Waals surface area contributed by atoms with Crippen molar-refractivity contribution < 1.29 is 22.7 Å². The molecule has 0 saturated carbocycles. The number of ether oxygens (including phenoxy) is 2. The Hall–Kier alpha value is -1.76. The van der Waals surface area contributed by atoms with E-state index in [0.29, 0.717) is 24.5 Å². The highest BCUT2D eigenvalue weighted by Gasteiger charge is 2.35. The fourth-order valence-electron chi connectivity index (χ4n) is 2.92. The van der Waals surface area contributed by atoms with Crippen LogP contribution < -0.4 is 9.47 Å². The third-order valence-electron chi connectivity index (χ3n) is 4.23. The lowest BCUT2D eigenvalue weighted by atomic mass is 10.1. The molecule has 0 bridgehead atoms. The van der Waals surface area contributed by atoms with Gasteiger partial charge in [-0.3, -0.25) is 4.79 Å². The second-order valence-corrected chi connectivity index (χ2v) is 8.60. The highest BCUT2D eigenvalue weighted by atomic mass is 32.2. The van der Waals surface area contributed by atoms with E-state index in [1.165, 1.54) is 0 Å². The Morgan fingerprint density at radius 2 is 1.92 bits per heavy atom. The number of hydrogen-bond donors (Lipinski definition) is 0. The van der Waals surface area contributed by atoms with Gasteiger partial charge in [0.15, 0.2) is 21.3 Å². The molecule has 1 aliphatic heterocycles. The summed E-state index contributed by atoms with van der Waals surface area (Å²) < 4.78 is 34.1. The minimum Gasteiger partial charge on any atom is -0.493 e. The van der Waals surface area contributed by atoms with Crippen LogP contribution in [0.3, 0.4) is 0 Å². The quantitative estimate of drug-likeness (QED) is 0.779. The van der Waals surface area contributed by atoms with E-state index in [1.54, 1.807) is 25.2 Å². The summed E-state index contributed by atoms with van der Waals surface area (Å²) in [4.78, 5) is 14.3. The monoisotopic (exact) mass is 355 g/mol. The molecule has 0 N–H and O–H groups in total. The third kappa shape index (κ3) is 4.20. The Kier molecular flexibility index (Phi) is 5.74. The van der Waals surface area contributed by atoms with Gasteiger partial charge in [0.2, 0.25) is 5.91 Å². The molecule has 1 fully saturated rings. The number of benzene rings is 1. The number of nitrogens with zero attached hydrogens (tertiary/aromatic N) is 1. The minimum absolute atomic E-state index is 0.0353. The van der Waals surface area contributed by atoms with Crippen molar-refractivity contribution in [3.8, 4) is 11.5 Å². The van der Waals surface area contributed by atoms with Crippen LogP contribution in [0.1, 0.15) is 25.8 Å². The summed E-state index contributed by atoms with van der Waals surface area (Å²) in [6.45, 7) is 4.01. The van der Waals surface area contributed by atoms with Crippen molar-refractivity contribution in [2.24, 2.45) is 5.92 Å². The van der Waals surface area contributed by atoms with Crippen molar-refractivity contribution in [1.82, 2.24) is 4.90 Å². The van der Waals surface area contributed by atoms with Gasteiger partial charge < -0.3 is 14.4 Å². The van der Waals surface area contributed by atoms with Crippen molar-refractivity contribution in [3.63, 3.8) is 0 Å². The van der Waals surface area contributed by atoms with Gasteiger partial charge in [0.25, 0.3) is 0 Å². The lowest BCUT2D eigenvalue weighted by Gasteiger charge is -2.30. The van der Waals surface area contributed by atoms with Crippen LogP contribution in [-0.2, 0) is 21.2 Å². The Balaban J connectivity index is 2.27. The van der Waals surface area contributed by atoms with Crippen LogP contribution in [0.15, 0.2) is 18.2 Å². The molecule has 6 nitrogen and oxygen atoms in total. The summed E-state index contributed by atoms with van der Waals surface area (Å²) >= 11 is 0. The zero-order valence-electron chi connectivity index (χ0n) is 14.6. The van der Waals surface area contributed by atoms with Crippen LogP contribution in [0.4, 0.5) is 0 Å². The largest absolute Gasteiger partial charge is 0.493 e. The fraction of sp³-hybridized carbons (Fsp3) is 0.588. The molecule has 134 valence electrons. The molecule has 1 unspecified atom stereocenters. The van der Waals surface area contributed by atoms with E-state index in [9.17, 15) is 13.2 Å². The zero-order valence-corrected chi connectivity index (χ0v) is 15.4. The smallest absolute Gasteiger partial charge is 0.225 e. The van der Waals surface area contributed by atoms with Gasteiger partial charge in [0.05, 0.1) is 25.7 Å². The van der Waals surface area contributed by atoms with Crippen molar-refractivity contribution >= 4 is 15.7 Å². The van der Waals surface area contributed by atoms with Crippen molar-refractivity contribution in [3.05, 3.63) is 23.8 Å². The molecule has 1 atom stereocenters. The van der Waals surface area contributed by atoms with E-state index in [2.05, 4.69) is 0 Å². The van der Waals surface area contributed by atoms with Crippen LogP contribution in [0.2, 0.25) is 0 Å². The van der Waals surface area contributed by atoms with Gasteiger partial charge in [-0.25, -0.2) is 8.42 Å². The zero-order chi connectivity index (χ0) is 17.9. The fourth-order valence-corrected chi connectivity index (χ4v) is 4.65. The molecule has 1 heterocycles. The molecular weight excluding hydrogens is 330 g/mol. The number of sulfone groups is 1. The molecule has 1 aromatic carbocycles. The summed E-state index contributed by atoms with van der Waals surface area (Å²) in [6.07, 6.45) is 0.494. The number of rotatable bonds is 6. The highest BCUT2D eigenvalue weighted by molar-refractivity contribution is 7.91. The normalized spacial score (nSPS) is 19.3. The first kappa shape index (κ1) is 18.6. The summed E-state index contributed by atoms with van der Waals surface area (Å²) in [5.74, 6) is 1.17. The molecule has 7 heteroatoms. The molecule has 24 heavy (non-hydrogen) atoms. The Morgan fingerprint density at radius 1 is 1.25 bits per heavy atom. The Morgan fingerprint density at radius 3 is 2.42 bits per heavy atom. The maximum atomic E-state index is 12.6. The van der Waals surface area contributed by atoms with E-state index in [-0.39, 0.29) is 29.4 Å². The number of carbonyl (C=O) groups is 1. The first-order chi connectivity index (χ1) is 11.3. The Bertz CT molecular complexity index is 699. The average Bonchev–Trinajstić information content (AvgIpc) is 2.91. The molecule has 1 saturated heterocycles. The Labute approximate surface area is 143 Å². The molecule has 0 spiro atoms. The van der Waals surface area contributed by atoms with Gasteiger partial charge in [-0.05, 0) is 24.1 Å². The molecule has 1 amide bonds. The van der Waals surface area contributed by atoms with E-state index < -0.39 is 9.84 Å². The second kappa shape index (κ2) is 7.42. The molecule has 0 radical (unpaired) electrons. The minimum atomic E-state index is -3.05. The van der Waals surface area contributed by atoms with Crippen LogP contribution in [0.25, 0.3) is 0 Å². The first-order valence-corrected chi connectivity index (χ1v) is 9.81. The van der Waals surface area contributed by atoms with E-state index >= 15 is 0 Å². The summed E-state index contributed by atoms with van der Waals surface area (Å²) in [6, 6.07) is 5.21. The van der Waals surface area contributed by atoms with Gasteiger partial charge in [0, 0.05) is 18.5 Å². The van der Waals surface area contributed by atoms with Crippen LogP contribution in [-0.4, -0.2) is 51.0 Å². The van der Waals surface area contributed by atoms with Crippen molar-refractivity contribution in [1.29, 1.82) is 0 Å². The summed E-state index contributed by atoms with van der Waals surface area (Å²) in [5, 5.41) is 0. The van der Waals surface area contributed by atoms with Gasteiger partial charge in [-0.15, -0.1) is 0 Å². The maximum Gasteiger partial charge on any atom is 0.225 e. The predicted molar refractivity (Wildman–Crippen MR) is 92.0 cm³/mol. The van der Waals surface area contributed by atoms with E-state index in [0.717, 1.165) is 5.56 Å². The van der Waals surface area contributed by atoms with Crippen LogP contribution >= 0.6 is 0 Å².